The summed E-state index contributed by atoms with van der Waals surface area (Å²) < 4.78 is 13.1. The van der Waals surface area contributed by atoms with E-state index < -0.39 is 0 Å². The molecule has 2 aromatic carbocycles. The molecule has 1 saturated heterocycles. The Bertz CT molecular complexity index is 812. The molecule has 1 fully saturated rings. The third-order valence-corrected chi connectivity index (χ3v) is 4.88. The van der Waals surface area contributed by atoms with Crippen molar-refractivity contribution in [2.24, 2.45) is 4.99 Å². The van der Waals surface area contributed by atoms with Gasteiger partial charge in [-0.05, 0) is 42.0 Å². The molecule has 0 radical (unpaired) electrons. The van der Waals surface area contributed by atoms with Gasteiger partial charge in [0.25, 0.3) is 5.91 Å². The fraction of sp³-hybridized carbons (Fsp3) is 0.333. The monoisotopic (exact) mass is 383 g/mol. The number of nitrogens with zero attached hydrogens (tertiary/aromatic N) is 3. The molecule has 148 valence electrons. The van der Waals surface area contributed by atoms with Gasteiger partial charge >= 0.3 is 0 Å². The van der Waals surface area contributed by atoms with Crippen molar-refractivity contribution >= 4 is 17.6 Å². The lowest BCUT2D eigenvalue weighted by Crippen LogP contribution is -2.52. The van der Waals surface area contributed by atoms with Gasteiger partial charge < -0.3 is 20.4 Å². The molecule has 1 amide bonds. The number of guanidine groups is 1. The molecule has 3 rings (SSSR count). The first-order chi connectivity index (χ1) is 13.6. The maximum absolute atomic E-state index is 13.1. The summed E-state index contributed by atoms with van der Waals surface area (Å²) in [5.74, 6) is 0.554. The normalized spacial score (nSPS) is 14.8. The van der Waals surface area contributed by atoms with E-state index in [1.165, 1.54) is 12.1 Å². The maximum atomic E-state index is 13.1. The summed E-state index contributed by atoms with van der Waals surface area (Å²) in [6.07, 6.45) is 0. The smallest absolute Gasteiger partial charge is 0.251 e. The number of hydrogen-bond donors (Lipinski definition) is 2. The number of piperazine rings is 1. The molecule has 0 bridgehead atoms. The minimum Gasteiger partial charge on any atom is -0.368 e. The molecule has 0 aliphatic carbocycles. The Balaban J connectivity index is 1.52. The number of carbonyl (C=O) groups is 1. The van der Waals surface area contributed by atoms with Crippen molar-refractivity contribution in [3.05, 3.63) is 65.5 Å². The summed E-state index contributed by atoms with van der Waals surface area (Å²) in [7, 11) is 3.40. The largest absolute Gasteiger partial charge is 0.368 e. The van der Waals surface area contributed by atoms with Gasteiger partial charge in [0.05, 0.1) is 0 Å². The predicted octanol–water partition coefficient (Wildman–Crippen LogP) is 2.08. The molecule has 1 aliphatic heterocycles. The second kappa shape index (κ2) is 9.21. The minimum atomic E-state index is -0.213. The standard InChI is InChI=1S/C21H26FN5O/c1-23-20(28)17-5-3-16(4-6-17)15-25-21(24-2)27-13-11-26(12-14-27)19-9-7-18(22)8-10-19/h3-10H,11-15H2,1-2H3,(H,23,28)(H,24,25). The van der Waals surface area contributed by atoms with Crippen LogP contribution in [0.15, 0.2) is 53.5 Å². The van der Waals surface area contributed by atoms with Gasteiger partial charge in [0.2, 0.25) is 0 Å². The zero-order valence-electron chi connectivity index (χ0n) is 16.3. The highest BCUT2D eigenvalue weighted by molar-refractivity contribution is 5.93. The number of benzene rings is 2. The number of hydrogen-bond acceptors (Lipinski definition) is 3. The molecule has 0 spiro atoms. The number of carbonyl (C=O) groups excluding carboxylic acids is 1. The molecule has 28 heavy (non-hydrogen) atoms. The van der Waals surface area contributed by atoms with Crippen LogP contribution in [-0.4, -0.2) is 57.0 Å². The second-order valence-electron chi connectivity index (χ2n) is 6.63. The molecule has 6 nitrogen and oxygen atoms in total. The van der Waals surface area contributed by atoms with E-state index in [9.17, 15) is 9.18 Å². The summed E-state index contributed by atoms with van der Waals surface area (Å²) in [5.41, 5.74) is 2.77. The van der Waals surface area contributed by atoms with E-state index in [4.69, 9.17) is 0 Å². The van der Waals surface area contributed by atoms with Crippen molar-refractivity contribution < 1.29 is 9.18 Å². The number of amides is 1. The molecule has 2 N–H and O–H groups in total. The number of aliphatic imine (C=N–C) groups is 1. The molecular formula is C21H26FN5O. The van der Waals surface area contributed by atoms with Crippen LogP contribution in [-0.2, 0) is 6.54 Å². The van der Waals surface area contributed by atoms with Crippen molar-refractivity contribution in [3.63, 3.8) is 0 Å². The van der Waals surface area contributed by atoms with Gasteiger partial charge in [-0.1, -0.05) is 12.1 Å². The summed E-state index contributed by atoms with van der Waals surface area (Å²) in [5, 5.41) is 6.01. The SMILES string of the molecule is CN=C(NCc1ccc(C(=O)NC)cc1)N1CCN(c2ccc(F)cc2)CC1. The van der Waals surface area contributed by atoms with E-state index >= 15 is 0 Å². The van der Waals surface area contributed by atoms with Gasteiger partial charge in [0.15, 0.2) is 5.96 Å². The molecule has 0 saturated carbocycles. The first-order valence-corrected chi connectivity index (χ1v) is 9.38. The van der Waals surface area contributed by atoms with Gasteiger partial charge in [-0.25, -0.2) is 4.39 Å². The fourth-order valence-corrected chi connectivity index (χ4v) is 3.26. The van der Waals surface area contributed by atoms with Crippen LogP contribution in [0.2, 0.25) is 0 Å². The third kappa shape index (κ3) is 4.79. The van der Waals surface area contributed by atoms with Crippen LogP contribution >= 0.6 is 0 Å². The third-order valence-electron chi connectivity index (χ3n) is 4.88. The molecule has 7 heteroatoms. The molecular weight excluding hydrogens is 357 g/mol. The van der Waals surface area contributed by atoms with Crippen LogP contribution in [0, 0.1) is 5.82 Å². The van der Waals surface area contributed by atoms with E-state index in [1.54, 1.807) is 14.1 Å². The van der Waals surface area contributed by atoms with Crippen LogP contribution in [0.5, 0.6) is 0 Å². The summed E-state index contributed by atoms with van der Waals surface area (Å²) in [6.45, 7) is 4.03. The lowest BCUT2D eigenvalue weighted by molar-refractivity contribution is 0.0963. The van der Waals surface area contributed by atoms with E-state index in [2.05, 4.69) is 25.4 Å². The number of rotatable bonds is 4. The van der Waals surface area contributed by atoms with Crippen LogP contribution in [0.3, 0.4) is 0 Å². The van der Waals surface area contributed by atoms with E-state index in [0.717, 1.165) is 43.4 Å². The molecule has 0 unspecified atom stereocenters. The van der Waals surface area contributed by atoms with Crippen molar-refractivity contribution in [2.45, 2.75) is 6.54 Å². The Hall–Kier alpha value is -3.09. The summed E-state index contributed by atoms with van der Waals surface area (Å²) in [4.78, 5) is 20.5. The van der Waals surface area contributed by atoms with Gasteiger partial charge in [0, 0.05) is 58.1 Å². The van der Waals surface area contributed by atoms with Crippen molar-refractivity contribution in [2.75, 3.05) is 45.2 Å². The highest BCUT2D eigenvalue weighted by atomic mass is 19.1. The first-order valence-electron chi connectivity index (χ1n) is 9.38. The Morgan fingerprint density at radius 1 is 1.04 bits per heavy atom. The lowest BCUT2D eigenvalue weighted by Gasteiger charge is -2.37. The molecule has 1 aliphatic rings. The zero-order chi connectivity index (χ0) is 19.9. The van der Waals surface area contributed by atoms with Crippen LogP contribution in [0.25, 0.3) is 0 Å². The highest BCUT2D eigenvalue weighted by Gasteiger charge is 2.19. The Kier molecular flexibility index (Phi) is 6.47. The number of nitrogens with one attached hydrogen (secondary N) is 2. The fourth-order valence-electron chi connectivity index (χ4n) is 3.26. The van der Waals surface area contributed by atoms with E-state index in [0.29, 0.717) is 12.1 Å². The van der Waals surface area contributed by atoms with Crippen molar-refractivity contribution in [1.29, 1.82) is 0 Å². The van der Waals surface area contributed by atoms with E-state index in [1.807, 2.05) is 36.4 Å². The van der Waals surface area contributed by atoms with Gasteiger partial charge in [-0.2, -0.15) is 0 Å². The topological polar surface area (TPSA) is 60.0 Å². The summed E-state index contributed by atoms with van der Waals surface area (Å²) in [6, 6.07) is 14.2. The Morgan fingerprint density at radius 2 is 1.68 bits per heavy atom. The molecule has 1 heterocycles. The lowest BCUT2D eigenvalue weighted by atomic mass is 10.1. The Morgan fingerprint density at radius 3 is 2.25 bits per heavy atom. The average molecular weight is 383 g/mol. The predicted molar refractivity (Wildman–Crippen MR) is 110 cm³/mol. The number of anilines is 1. The quantitative estimate of drug-likeness (QED) is 0.627. The van der Waals surface area contributed by atoms with Crippen LogP contribution < -0.4 is 15.5 Å². The average Bonchev–Trinajstić information content (AvgIpc) is 2.75. The number of halogens is 1. The zero-order valence-corrected chi connectivity index (χ0v) is 16.3. The maximum Gasteiger partial charge on any atom is 0.251 e. The van der Waals surface area contributed by atoms with Gasteiger partial charge in [-0.3, -0.25) is 9.79 Å². The molecule has 2 aromatic rings. The first kappa shape index (κ1) is 19.7. The Labute approximate surface area is 165 Å². The second-order valence-corrected chi connectivity index (χ2v) is 6.63. The van der Waals surface area contributed by atoms with E-state index in [-0.39, 0.29) is 11.7 Å². The van der Waals surface area contributed by atoms with Gasteiger partial charge in [0.1, 0.15) is 5.82 Å². The van der Waals surface area contributed by atoms with Crippen LogP contribution in [0.1, 0.15) is 15.9 Å². The minimum absolute atomic E-state index is 0.0886. The van der Waals surface area contributed by atoms with Crippen molar-refractivity contribution in [3.8, 4) is 0 Å². The van der Waals surface area contributed by atoms with Gasteiger partial charge in [-0.15, -0.1) is 0 Å². The molecule has 0 aromatic heterocycles. The molecule has 0 atom stereocenters. The summed E-state index contributed by atoms with van der Waals surface area (Å²) >= 11 is 0. The van der Waals surface area contributed by atoms with Crippen LogP contribution in [0.4, 0.5) is 10.1 Å². The highest BCUT2D eigenvalue weighted by Crippen LogP contribution is 2.17. The van der Waals surface area contributed by atoms with Crippen molar-refractivity contribution in [1.82, 2.24) is 15.5 Å².